The lowest BCUT2D eigenvalue weighted by Gasteiger charge is -2.31. The molecule has 1 aliphatic heterocycles. The number of hydrogen-bond acceptors (Lipinski definition) is 10. The van der Waals surface area contributed by atoms with Crippen molar-refractivity contribution >= 4 is 38.4 Å². The minimum absolute atomic E-state index is 0.0410. The Bertz CT molecular complexity index is 838. The van der Waals surface area contributed by atoms with E-state index in [9.17, 15) is 24.6 Å². The summed E-state index contributed by atoms with van der Waals surface area (Å²) in [6.45, 7) is 2.14. The number of halogens is 1. The molecule has 0 aromatic heterocycles. The second kappa shape index (κ2) is 15.9. The van der Waals surface area contributed by atoms with E-state index in [2.05, 4.69) is 5.32 Å². The summed E-state index contributed by atoms with van der Waals surface area (Å²) in [6.07, 6.45) is -3.23. The maximum atomic E-state index is 12.9. The number of methoxy groups -OCH3 is 1. The van der Waals surface area contributed by atoms with Crippen LogP contribution in [-0.4, -0.2) is 91.3 Å². The van der Waals surface area contributed by atoms with Gasteiger partial charge in [0.25, 0.3) is 5.91 Å². The Morgan fingerprint density at radius 1 is 1.11 bits per heavy atom. The Morgan fingerprint density at radius 3 is 2.51 bits per heavy atom. The lowest BCUT2D eigenvalue weighted by molar-refractivity contribution is -0.195. The van der Waals surface area contributed by atoms with Crippen molar-refractivity contribution in [1.82, 2.24) is 5.32 Å². The summed E-state index contributed by atoms with van der Waals surface area (Å²) >= 11 is 1.50. The van der Waals surface area contributed by atoms with Crippen LogP contribution in [0.1, 0.15) is 28.8 Å². The fourth-order valence-electron chi connectivity index (χ4n) is 3.12. The first kappa shape index (κ1) is 29.2. The molecule has 1 heterocycles. The highest BCUT2D eigenvalue weighted by Crippen LogP contribution is 2.27. The zero-order valence-electron chi connectivity index (χ0n) is 19.3. The molecule has 2 rings (SSSR count). The molecule has 1 aromatic rings. The Labute approximate surface area is 216 Å². The third kappa shape index (κ3) is 11.0. The number of carbonyl (C=O) groups is 3. The number of amides is 1. The largest absolute Gasteiger partial charge is 0.479 e. The van der Waals surface area contributed by atoms with Crippen molar-refractivity contribution in [3.8, 4) is 5.75 Å². The van der Waals surface area contributed by atoms with E-state index in [-0.39, 0.29) is 43.9 Å². The second-order valence-electron chi connectivity index (χ2n) is 7.47. The van der Waals surface area contributed by atoms with Gasteiger partial charge in [0, 0.05) is 26.5 Å². The van der Waals surface area contributed by atoms with Gasteiger partial charge in [0.2, 0.25) is 6.29 Å². The predicted octanol–water partition coefficient (Wildman–Crippen LogP) is 1.50. The third-order valence-electron chi connectivity index (χ3n) is 4.78. The summed E-state index contributed by atoms with van der Waals surface area (Å²) in [5.74, 6) is -1.56. The van der Waals surface area contributed by atoms with Crippen molar-refractivity contribution in [2.24, 2.45) is 0 Å². The molecule has 0 spiro atoms. The smallest absolute Gasteiger partial charge is 0.367 e. The van der Waals surface area contributed by atoms with Crippen molar-refractivity contribution in [2.75, 3.05) is 46.7 Å². The minimum atomic E-state index is -1.22. The SMILES string of the molecule is COCCOCCOCCNC(=O)c1cc(COC(=O)I)ccc1OC1CC(O)CC(C(=O)O)O1. The molecule has 13 heteroatoms. The number of ether oxygens (including phenoxy) is 6. The van der Waals surface area contributed by atoms with E-state index in [0.29, 0.717) is 32.0 Å². The normalized spacial score (nSPS) is 19.7. The molecule has 1 amide bonds. The zero-order valence-corrected chi connectivity index (χ0v) is 21.4. The Hall–Kier alpha value is -2.04. The van der Waals surface area contributed by atoms with Gasteiger partial charge >= 0.3 is 9.95 Å². The predicted molar refractivity (Wildman–Crippen MR) is 129 cm³/mol. The van der Waals surface area contributed by atoms with Crippen LogP contribution in [0.5, 0.6) is 5.75 Å². The molecule has 3 atom stereocenters. The number of rotatable bonds is 15. The van der Waals surface area contributed by atoms with Crippen LogP contribution in [0.15, 0.2) is 18.2 Å². The van der Waals surface area contributed by atoms with Crippen molar-refractivity contribution < 1.29 is 53.0 Å². The van der Waals surface area contributed by atoms with Crippen molar-refractivity contribution in [3.63, 3.8) is 0 Å². The number of aliphatic carboxylic acids is 1. The summed E-state index contributed by atoms with van der Waals surface area (Å²) in [5, 5.41) is 21.9. The topological polar surface area (TPSA) is 159 Å². The number of nitrogens with one attached hydrogen (secondary N) is 1. The van der Waals surface area contributed by atoms with Gasteiger partial charge in [0.05, 0.1) is 67.3 Å². The fraction of sp³-hybridized carbons (Fsp3) is 0.591. The summed E-state index contributed by atoms with van der Waals surface area (Å²) in [7, 11) is 1.59. The van der Waals surface area contributed by atoms with Crippen molar-refractivity contribution in [3.05, 3.63) is 29.3 Å². The molecule has 196 valence electrons. The number of hydrogen-bond donors (Lipinski definition) is 3. The van der Waals surface area contributed by atoms with Gasteiger partial charge < -0.3 is 44.0 Å². The number of carbonyl (C=O) groups excluding carboxylic acids is 2. The number of aliphatic hydroxyl groups is 1. The fourth-order valence-corrected chi connectivity index (χ4v) is 3.28. The van der Waals surface area contributed by atoms with Crippen LogP contribution in [0.4, 0.5) is 4.79 Å². The van der Waals surface area contributed by atoms with Gasteiger partial charge in [-0.25, -0.2) is 9.59 Å². The molecule has 1 aliphatic rings. The molecule has 0 aliphatic carbocycles. The Balaban J connectivity index is 1.98. The van der Waals surface area contributed by atoms with Gasteiger partial charge in [-0.3, -0.25) is 4.79 Å². The summed E-state index contributed by atoms with van der Waals surface area (Å²) in [5.41, 5.74) is 0.676. The van der Waals surface area contributed by atoms with Gasteiger partial charge in [-0.15, -0.1) is 0 Å². The van der Waals surface area contributed by atoms with E-state index in [1.54, 1.807) is 13.2 Å². The van der Waals surface area contributed by atoms with E-state index >= 15 is 0 Å². The maximum Gasteiger partial charge on any atom is 0.367 e. The zero-order chi connectivity index (χ0) is 25.6. The monoisotopic (exact) mass is 611 g/mol. The van der Waals surface area contributed by atoms with Crippen molar-refractivity contribution in [1.29, 1.82) is 0 Å². The number of aliphatic hydroxyl groups excluding tert-OH is 1. The van der Waals surface area contributed by atoms with E-state index in [4.69, 9.17) is 28.4 Å². The summed E-state index contributed by atoms with van der Waals surface area (Å²) in [6, 6.07) is 4.61. The van der Waals surface area contributed by atoms with E-state index in [1.165, 1.54) is 34.7 Å². The van der Waals surface area contributed by atoms with Gasteiger partial charge in [-0.1, -0.05) is 6.07 Å². The van der Waals surface area contributed by atoms with E-state index in [1.807, 2.05) is 0 Å². The molecular formula is C22H30INO11. The van der Waals surface area contributed by atoms with E-state index < -0.39 is 34.4 Å². The Morgan fingerprint density at radius 2 is 1.83 bits per heavy atom. The molecule has 3 N–H and O–H groups in total. The summed E-state index contributed by atoms with van der Waals surface area (Å²) in [4.78, 5) is 35.3. The molecule has 0 radical (unpaired) electrons. The molecule has 1 aromatic carbocycles. The van der Waals surface area contributed by atoms with Crippen molar-refractivity contribution in [2.45, 2.75) is 37.9 Å². The van der Waals surface area contributed by atoms with Crippen LogP contribution in [0.25, 0.3) is 0 Å². The highest BCUT2D eigenvalue weighted by molar-refractivity contribution is 14.1. The first-order chi connectivity index (χ1) is 16.8. The molecule has 12 nitrogen and oxygen atoms in total. The third-order valence-corrected chi connectivity index (χ3v) is 5.09. The molecule has 0 saturated carbocycles. The highest BCUT2D eigenvalue weighted by Gasteiger charge is 2.34. The second-order valence-corrected chi connectivity index (χ2v) is 8.35. The van der Waals surface area contributed by atoms with E-state index in [0.717, 1.165) is 0 Å². The first-order valence-corrected chi connectivity index (χ1v) is 12.0. The first-order valence-electron chi connectivity index (χ1n) is 10.9. The van der Waals surface area contributed by atoms with Gasteiger partial charge in [-0.2, -0.15) is 0 Å². The van der Waals surface area contributed by atoms with Crippen LogP contribution in [0, 0.1) is 0 Å². The van der Waals surface area contributed by atoms with Crippen LogP contribution >= 0.6 is 22.6 Å². The quantitative estimate of drug-likeness (QED) is 0.150. The van der Waals surface area contributed by atoms with Gasteiger partial charge in [0.1, 0.15) is 12.4 Å². The van der Waals surface area contributed by atoms with Gasteiger partial charge in [0.15, 0.2) is 6.10 Å². The maximum absolute atomic E-state index is 12.9. The molecule has 0 bridgehead atoms. The van der Waals surface area contributed by atoms with Crippen LogP contribution in [0.3, 0.4) is 0 Å². The van der Waals surface area contributed by atoms with Crippen LogP contribution in [-0.2, 0) is 35.1 Å². The average molecular weight is 611 g/mol. The summed E-state index contributed by atoms with van der Waals surface area (Å²) < 4.78 is 31.2. The molecule has 1 saturated heterocycles. The lowest BCUT2D eigenvalue weighted by atomic mass is 10.0. The van der Waals surface area contributed by atoms with Crippen LogP contribution < -0.4 is 10.1 Å². The Kier molecular flexibility index (Phi) is 13.2. The number of carboxylic acid groups (broad SMARTS) is 1. The molecule has 3 unspecified atom stereocenters. The number of carboxylic acids is 1. The molecule has 1 fully saturated rings. The number of benzene rings is 1. The highest BCUT2D eigenvalue weighted by atomic mass is 127. The lowest BCUT2D eigenvalue weighted by Crippen LogP contribution is -2.42. The van der Waals surface area contributed by atoms with Crippen LogP contribution in [0.2, 0.25) is 0 Å². The average Bonchev–Trinajstić information content (AvgIpc) is 2.81. The van der Waals surface area contributed by atoms with Gasteiger partial charge in [-0.05, 0) is 17.7 Å². The molecule has 35 heavy (non-hydrogen) atoms. The standard InChI is InChI=1S/C22H30INO11/c1-30-6-7-32-9-8-31-5-4-24-20(26)16-10-14(13-33-22(23)29)2-3-17(16)34-19-12-15(25)11-18(35-19)21(27)28/h2-3,10,15,18-19,25H,4-9,11-13H2,1H3,(H,24,26)(H,27,28). The molecular weight excluding hydrogens is 581 g/mol. The minimum Gasteiger partial charge on any atom is -0.479 e.